The molecule has 0 saturated heterocycles. The summed E-state index contributed by atoms with van der Waals surface area (Å²) in [6, 6.07) is 13.0. The van der Waals surface area contributed by atoms with Gasteiger partial charge in [-0.1, -0.05) is 48.5 Å². The molecular weight excluding hydrogens is 436 g/mol. The Morgan fingerprint density at radius 3 is 2.24 bits per heavy atom. The highest BCUT2D eigenvalue weighted by molar-refractivity contribution is 6.17. The number of hydrogen-bond donors (Lipinski definition) is 1. The van der Waals surface area contributed by atoms with Crippen LogP contribution in [-0.4, -0.2) is 29.8 Å². The lowest BCUT2D eigenvalue weighted by molar-refractivity contribution is 0.101. The van der Waals surface area contributed by atoms with E-state index >= 15 is 0 Å². The highest BCUT2D eigenvalue weighted by atomic mass is 16.7. The summed E-state index contributed by atoms with van der Waals surface area (Å²) in [5.41, 5.74) is -0.836. The van der Waals surface area contributed by atoms with E-state index in [-0.39, 0.29) is 49.6 Å². The van der Waals surface area contributed by atoms with Crippen LogP contribution in [0, 0.1) is 0 Å². The van der Waals surface area contributed by atoms with Crippen LogP contribution in [0.15, 0.2) is 65.5 Å². The number of hydrogen-bond acceptors (Lipinski definition) is 7. The molecular formula is C27H20O7. The lowest BCUT2D eigenvalue weighted by Crippen LogP contribution is -2.45. The minimum Gasteiger partial charge on any atom is -0.506 e. The van der Waals surface area contributed by atoms with E-state index < -0.39 is 23.0 Å². The van der Waals surface area contributed by atoms with Gasteiger partial charge in [-0.2, -0.15) is 0 Å². The third kappa shape index (κ3) is 3.16. The zero-order valence-electron chi connectivity index (χ0n) is 18.7. The summed E-state index contributed by atoms with van der Waals surface area (Å²) >= 11 is 0. The highest BCUT2D eigenvalue weighted by Crippen LogP contribution is 2.32. The first-order chi connectivity index (χ1) is 16.2. The van der Waals surface area contributed by atoms with Crippen LogP contribution in [0.2, 0.25) is 0 Å². The molecule has 0 aromatic heterocycles. The molecule has 1 N–H and O–H groups in total. The Kier molecular flexibility index (Phi) is 4.79. The van der Waals surface area contributed by atoms with E-state index in [2.05, 4.69) is 0 Å². The van der Waals surface area contributed by atoms with Gasteiger partial charge in [0.1, 0.15) is 17.1 Å². The van der Waals surface area contributed by atoms with Crippen molar-refractivity contribution < 1.29 is 28.9 Å². The molecule has 0 radical (unpaired) electrons. The largest absolute Gasteiger partial charge is 0.513 e. The van der Waals surface area contributed by atoms with Crippen molar-refractivity contribution in [1.29, 1.82) is 0 Å². The zero-order chi connectivity index (χ0) is 24.2. The molecule has 3 aromatic rings. The molecule has 170 valence electrons. The van der Waals surface area contributed by atoms with Crippen LogP contribution >= 0.6 is 0 Å². The van der Waals surface area contributed by atoms with Gasteiger partial charge in [-0.15, -0.1) is 0 Å². The number of ether oxygens (including phenoxy) is 3. The molecule has 0 bridgehead atoms. The number of methoxy groups -OCH3 is 1. The van der Waals surface area contributed by atoms with E-state index in [4.69, 9.17) is 14.2 Å². The van der Waals surface area contributed by atoms with Gasteiger partial charge in [0.2, 0.25) is 0 Å². The summed E-state index contributed by atoms with van der Waals surface area (Å²) in [6.07, 6.45) is 2.39. The topological polar surface area (TPSA) is 99.1 Å². The van der Waals surface area contributed by atoms with E-state index in [9.17, 15) is 19.5 Å². The third-order valence-electron chi connectivity index (χ3n) is 5.87. The molecule has 0 atom stereocenters. The Morgan fingerprint density at radius 2 is 1.59 bits per heavy atom. The second-order valence-corrected chi connectivity index (χ2v) is 8.51. The van der Waals surface area contributed by atoms with Crippen molar-refractivity contribution in [3.63, 3.8) is 0 Å². The van der Waals surface area contributed by atoms with Crippen molar-refractivity contribution in [1.82, 2.24) is 0 Å². The number of ketones is 1. The molecule has 2 aliphatic rings. The van der Waals surface area contributed by atoms with Gasteiger partial charge in [-0.3, -0.25) is 9.59 Å². The third-order valence-corrected chi connectivity index (χ3v) is 5.87. The summed E-state index contributed by atoms with van der Waals surface area (Å²) < 4.78 is 16.3. The molecule has 0 unspecified atom stereocenters. The Labute approximate surface area is 193 Å². The van der Waals surface area contributed by atoms with Gasteiger partial charge in [0, 0.05) is 27.1 Å². The maximum atomic E-state index is 13.9. The summed E-state index contributed by atoms with van der Waals surface area (Å²) in [7, 11) is 1.15. The second-order valence-electron chi connectivity index (χ2n) is 8.51. The fraction of sp³-hybridized carbons (Fsp3) is 0.148. The zero-order valence-corrected chi connectivity index (χ0v) is 18.7. The number of aromatic hydroxyl groups is 1. The van der Waals surface area contributed by atoms with Crippen molar-refractivity contribution in [3.8, 4) is 5.75 Å². The van der Waals surface area contributed by atoms with Crippen LogP contribution < -0.4 is 15.9 Å². The summed E-state index contributed by atoms with van der Waals surface area (Å²) in [5, 5.41) is 11.7. The Bertz CT molecular complexity index is 1630. The SMILES string of the molecule is COC(=O)OC1=c2c(c(O)c3ccccc3c(=O)/c2=C2/C=CC(C)(C)O2)C(=O)c2ccccc21. The van der Waals surface area contributed by atoms with Crippen LogP contribution in [0.5, 0.6) is 5.75 Å². The molecule has 0 spiro atoms. The molecule has 7 nitrogen and oxygen atoms in total. The van der Waals surface area contributed by atoms with Crippen molar-refractivity contribution in [3.05, 3.63) is 98.0 Å². The van der Waals surface area contributed by atoms with Gasteiger partial charge in [0.05, 0.1) is 17.9 Å². The molecule has 5 rings (SSSR count). The Balaban J connectivity index is 2.17. The molecule has 1 heterocycles. The molecule has 0 amide bonds. The predicted octanol–water partition coefficient (Wildman–Crippen LogP) is 2.86. The first-order valence-corrected chi connectivity index (χ1v) is 10.6. The maximum Gasteiger partial charge on any atom is 0.513 e. The van der Waals surface area contributed by atoms with Crippen molar-refractivity contribution in [2.75, 3.05) is 7.11 Å². The van der Waals surface area contributed by atoms with Gasteiger partial charge in [-0.05, 0) is 26.0 Å². The average Bonchev–Trinajstić information content (AvgIpc) is 3.15. The van der Waals surface area contributed by atoms with E-state index in [0.29, 0.717) is 5.56 Å². The monoisotopic (exact) mass is 456 g/mol. The minimum absolute atomic E-state index is 0.00933. The molecule has 3 aromatic carbocycles. The summed E-state index contributed by atoms with van der Waals surface area (Å²) in [4.78, 5) is 39.9. The predicted molar refractivity (Wildman–Crippen MR) is 125 cm³/mol. The normalized spacial score (nSPS) is 17.1. The van der Waals surface area contributed by atoms with Gasteiger partial charge >= 0.3 is 6.16 Å². The number of rotatable bonds is 1. The average molecular weight is 456 g/mol. The molecule has 0 saturated carbocycles. The summed E-state index contributed by atoms with van der Waals surface area (Å²) in [5.74, 6) is -0.774. The Morgan fingerprint density at radius 1 is 0.941 bits per heavy atom. The second kappa shape index (κ2) is 7.59. The van der Waals surface area contributed by atoms with Crippen LogP contribution in [0.4, 0.5) is 4.79 Å². The van der Waals surface area contributed by atoms with E-state index in [1.165, 1.54) is 0 Å². The number of carbonyl (C=O) groups excluding carboxylic acids is 2. The lowest BCUT2D eigenvalue weighted by atomic mass is 9.89. The van der Waals surface area contributed by atoms with Crippen molar-refractivity contribution >= 4 is 34.2 Å². The van der Waals surface area contributed by atoms with Crippen LogP contribution in [-0.2, 0) is 14.2 Å². The first kappa shape index (κ1) is 21.5. The fourth-order valence-electron chi connectivity index (χ4n) is 4.34. The first-order valence-electron chi connectivity index (χ1n) is 10.6. The van der Waals surface area contributed by atoms with E-state index in [1.807, 2.05) is 13.8 Å². The molecule has 1 aliphatic heterocycles. The highest BCUT2D eigenvalue weighted by Gasteiger charge is 2.32. The number of carbonyl (C=O) groups is 2. The van der Waals surface area contributed by atoms with Gasteiger partial charge in [-0.25, -0.2) is 4.79 Å². The van der Waals surface area contributed by atoms with Crippen molar-refractivity contribution in [2.24, 2.45) is 0 Å². The van der Waals surface area contributed by atoms with Crippen molar-refractivity contribution in [2.45, 2.75) is 19.4 Å². The number of fused-ring (bicyclic) bond motifs is 3. The molecule has 34 heavy (non-hydrogen) atoms. The van der Waals surface area contributed by atoms with E-state index in [1.54, 1.807) is 60.7 Å². The maximum absolute atomic E-state index is 13.9. The standard InChI is InChI=1S/C27H20O7/c1-27(2)13-12-18(34-27)19-20-21(23(29)15-9-5-4-8-14(15)22(19)28)24(30)16-10-6-7-11-17(16)25(20)33-26(31)32-3/h4-13,29H,1-3H3/b19-18-. The molecule has 7 heteroatoms. The minimum atomic E-state index is -1.03. The number of benzene rings is 2. The van der Waals surface area contributed by atoms with Crippen LogP contribution in [0.25, 0.3) is 22.3 Å². The summed E-state index contributed by atoms with van der Waals surface area (Å²) in [6.45, 7) is 3.64. The Hall–Kier alpha value is -4.39. The van der Waals surface area contributed by atoms with Gasteiger partial charge in [0.25, 0.3) is 0 Å². The smallest absolute Gasteiger partial charge is 0.506 e. The fourth-order valence-corrected chi connectivity index (χ4v) is 4.34. The van der Waals surface area contributed by atoms with Crippen LogP contribution in [0.1, 0.15) is 35.3 Å². The van der Waals surface area contributed by atoms with Gasteiger partial charge in [0.15, 0.2) is 17.0 Å². The quantitative estimate of drug-likeness (QED) is 0.562. The lowest BCUT2D eigenvalue weighted by Gasteiger charge is -2.19. The van der Waals surface area contributed by atoms with E-state index in [0.717, 1.165) is 7.11 Å². The van der Waals surface area contributed by atoms with Crippen LogP contribution in [0.3, 0.4) is 0 Å². The molecule has 0 fully saturated rings. The molecule has 1 aliphatic carbocycles. The van der Waals surface area contributed by atoms with Gasteiger partial charge < -0.3 is 19.3 Å².